The Morgan fingerprint density at radius 3 is 2.62 bits per heavy atom. The van der Waals surface area contributed by atoms with Crippen molar-refractivity contribution in [2.75, 3.05) is 7.05 Å². The molecule has 16 heavy (non-hydrogen) atoms. The fourth-order valence-electron chi connectivity index (χ4n) is 3.19. The number of nitrogens with zero attached hydrogens (tertiary/aromatic N) is 1. The molecule has 0 radical (unpaired) electrons. The molecule has 0 aromatic carbocycles. The number of allylic oxidation sites excluding steroid dienone is 1. The minimum absolute atomic E-state index is 0.102. The zero-order valence-electron chi connectivity index (χ0n) is 9.58. The smallest absolute Gasteiger partial charge is 0.407 e. The molecule has 3 nitrogen and oxygen atoms in total. The molecule has 2 unspecified atom stereocenters. The largest absolute Gasteiger partial charge is 0.465 e. The van der Waals surface area contributed by atoms with Crippen molar-refractivity contribution in [3.63, 3.8) is 0 Å². The van der Waals surface area contributed by atoms with Crippen LogP contribution in [-0.2, 0) is 0 Å². The first-order valence-electron chi connectivity index (χ1n) is 5.83. The number of amides is 1. The van der Waals surface area contributed by atoms with E-state index in [0.717, 1.165) is 32.1 Å². The second-order valence-electron chi connectivity index (χ2n) is 4.93. The maximum atomic E-state index is 11.3. The maximum Gasteiger partial charge on any atom is 0.407 e. The molecule has 0 aliphatic heterocycles. The number of carboxylic acid groups (broad SMARTS) is 1. The maximum absolute atomic E-state index is 11.3. The third-order valence-corrected chi connectivity index (χ3v) is 6.22. The highest BCUT2D eigenvalue weighted by molar-refractivity contribution is 14.1. The fourth-order valence-corrected chi connectivity index (χ4v) is 4.68. The van der Waals surface area contributed by atoms with Gasteiger partial charge in [-0.1, -0.05) is 47.6 Å². The van der Waals surface area contributed by atoms with Crippen molar-refractivity contribution >= 4 is 28.7 Å². The third kappa shape index (κ3) is 1.65. The van der Waals surface area contributed by atoms with Crippen molar-refractivity contribution in [2.45, 2.75) is 47.5 Å². The van der Waals surface area contributed by atoms with Gasteiger partial charge in [0.1, 0.15) is 0 Å². The van der Waals surface area contributed by atoms with Crippen molar-refractivity contribution in [3.8, 4) is 0 Å². The van der Waals surface area contributed by atoms with Crippen LogP contribution in [0.3, 0.4) is 0 Å². The Bertz CT molecular complexity index is 331. The highest BCUT2D eigenvalue weighted by Gasteiger charge is 2.54. The Labute approximate surface area is 110 Å². The van der Waals surface area contributed by atoms with Gasteiger partial charge in [-0.25, -0.2) is 4.79 Å². The summed E-state index contributed by atoms with van der Waals surface area (Å²) in [5.41, 5.74) is -0.174. The van der Waals surface area contributed by atoms with Crippen LogP contribution in [0.5, 0.6) is 0 Å². The quantitative estimate of drug-likeness (QED) is 0.453. The summed E-state index contributed by atoms with van der Waals surface area (Å²) in [4.78, 5) is 12.9. The van der Waals surface area contributed by atoms with Gasteiger partial charge in [0.2, 0.25) is 0 Å². The highest BCUT2D eigenvalue weighted by atomic mass is 127. The normalized spacial score (nSPS) is 37.9. The molecule has 90 valence electrons. The van der Waals surface area contributed by atoms with Gasteiger partial charge in [0.15, 0.2) is 0 Å². The average Bonchev–Trinajstić information content (AvgIpc) is 2.27. The lowest BCUT2D eigenvalue weighted by molar-refractivity contribution is 0.0449. The monoisotopic (exact) mass is 335 g/mol. The third-order valence-electron chi connectivity index (χ3n) is 4.24. The molecule has 0 bridgehead atoms. The van der Waals surface area contributed by atoms with Crippen molar-refractivity contribution in [2.24, 2.45) is 0 Å². The van der Waals surface area contributed by atoms with Crippen LogP contribution in [0.2, 0.25) is 0 Å². The lowest BCUT2D eigenvalue weighted by atomic mass is 9.66. The predicted molar refractivity (Wildman–Crippen MR) is 72.1 cm³/mol. The summed E-state index contributed by atoms with van der Waals surface area (Å²) >= 11 is 2.51. The summed E-state index contributed by atoms with van der Waals surface area (Å²) in [6.45, 7) is 0. The SMILES string of the molecule is CN(C(=O)O)C12CC=CCC1(I)CCCC2. The molecule has 4 heteroatoms. The first-order chi connectivity index (χ1) is 7.52. The van der Waals surface area contributed by atoms with Crippen LogP contribution in [0, 0.1) is 0 Å². The number of hydrogen-bond acceptors (Lipinski definition) is 1. The van der Waals surface area contributed by atoms with Gasteiger partial charge < -0.3 is 10.0 Å². The minimum Gasteiger partial charge on any atom is -0.465 e. The number of carbonyl (C=O) groups is 1. The van der Waals surface area contributed by atoms with E-state index in [0.29, 0.717) is 0 Å². The number of fused-ring (bicyclic) bond motifs is 1. The fraction of sp³-hybridized carbons (Fsp3) is 0.750. The Morgan fingerprint density at radius 1 is 1.31 bits per heavy atom. The van der Waals surface area contributed by atoms with Gasteiger partial charge in [-0.15, -0.1) is 0 Å². The summed E-state index contributed by atoms with van der Waals surface area (Å²) in [5, 5.41) is 9.28. The molecule has 2 rings (SSSR count). The van der Waals surface area contributed by atoms with Gasteiger partial charge in [-0.05, 0) is 25.7 Å². The van der Waals surface area contributed by atoms with E-state index in [1.54, 1.807) is 11.9 Å². The summed E-state index contributed by atoms with van der Waals surface area (Å²) in [7, 11) is 1.74. The van der Waals surface area contributed by atoms with Crippen molar-refractivity contribution in [1.29, 1.82) is 0 Å². The van der Waals surface area contributed by atoms with E-state index in [9.17, 15) is 9.90 Å². The molecule has 1 amide bonds. The molecular formula is C12H18INO2. The van der Waals surface area contributed by atoms with Crippen LogP contribution in [0.4, 0.5) is 4.79 Å². The van der Waals surface area contributed by atoms with Gasteiger partial charge in [0.25, 0.3) is 0 Å². The van der Waals surface area contributed by atoms with Crippen LogP contribution in [0.1, 0.15) is 38.5 Å². The molecule has 0 heterocycles. The van der Waals surface area contributed by atoms with E-state index >= 15 is 0 Å². The summed E-state index contributed by atoms with van der Waals surface area (Å²) in [6, 6.07) is 0. The molecule has 2 aliphatic carbocycles. The molecule has 1 N–H and O–H groups in total. The lowest BCUT2D eigenvalue weighted by Gasteiger charge is -2.55. The first kappa shape index (κ1) is 12.2. The number of hydrogen-bond donors (Lipinski definition) is 1. The number of rotatable bonds is 1. The van der Waals surface area contributed by atoms with Crippen LogP contribution in [0.25, 0.3) is 0 Å². The van der Waals surface area contributed by atoms with E-state index in [4.69, 9.17) is 0 Å². The lowest BCUT2D eigenvalue weighted by Crippen LogP contribution is -2.63. The topological polar surface area (TPSA) is 40.5 Å². The Balaban J connectivity index is 2.39. The number of alkyl halides is 1. The average molecular weight is 335 g/mol. The standard InChI is InChI=1S/C12H18INO2/c1-14(10(15)16)12-8-4-2-6-11(12,13)7-3-5-9-12/h2,4H,3,5-9H2,1H3,(H,15,16). The molecule has 0 saturated heterocycles. The predicted octanol–water partition coefficient (Wildman–Crippen LogP) is 3.43. The zero-order chi connectivity index (χ0) is 11.8. The molecule has 2 aliphatic rings. The van der Waals surface area contributed by atoms with Crippen molar-refractivity contribution < 1.29 is 9.90 Å². The molecule has 1 saturated carbocycles. The van der Waals surface area contributed by atoms with Crippen molar-refractivity contribution in [3.05, 3.63) is 12.2 Å². The molecule has 1 fully saturated rings. The van der Waals surface area contributed by atoms with E-state index in [-0.39, 0.29) is 8.96 Å². The Hall–Kier alpha value is -0.260. The summed E-state index contributed by atoms with van der Waals surface area (Å²) in [5.74, 6) is 0. The molecule has 0 aromatic rings. The van der Waals surface area contributed by atoms with Gasteiger partial charge >= 0.3 is 6.09 Å². The second-order valence-corrected chi connectivity index (χ2v) is 6.99. The van der Waals surface area contributed by atoms with Crippen LogP contribution in [0.15, 0.2) is 12.2 Å². The molecule has 0 aromatic heterocycles. The van der Waals surface area contributed by atoms with Gasteiger partial charge in [-0.2, -0.15) is 0 Å². The van der Waals surface area contributed by atoms with Crippen LogP contribution in [-0.4, -0.2) is 32.1 Å². The first-order valence-corrected chi connectivity index (χ1v) is 6.90. The zero-order valence-corrected chi connectivity index (χ0v) is 11.7. The van der Waals surface area contributed by atoms with E-state index < -0.39 is 6.09 Å². The van der Waals surface area contributed by atoms with E-state index in [1.165, 1.54) is 6.42 Å². The van der Waals surface area contributed by atoms with E-state index in [2.05, 4.69) is 34.7 Å². The van der Waals surface area contributed by atoms with Crippen LogP contribution < -0.4 is 0 Å². The second kappa shape index (κ2) is 4.20. The van der Waals surface area contributed by atoms with Gasteiger partial charge in [0.05, 0.1) is 5.54 Å². The van der Waals surface area contributed by atoms with Gasteiger partial charge in [-0.3, -0.25) is 0 Å². The van der Waals surface area contributed by atoms with Gasteiger partial charge in [0, 0.05) is 10.5 Å². The number of halogens is 1. The molecule has 2 atom stereocenters. The summed E-state index contributed by atoms with van der Waals surface area (Å²) in [6.07, 6.45) is 9.97. The summed E-state index contributed by atoms with van der Waals surface area (Å²) < 4.78 is 0.102. The molecular weight excluding hydrogens is 317 g/mol. The highest BCUT2D eigenvalue weighted by Crippen LogP contribution is 2.53. The van der Waals surface area contributed by atoms with E-state index in [1.807, 2.05) is 0 Å². The molecule has 0 spiro atoms. The van der Waals surface area contributed by atoms with Crippen molar-refractivity contribution in [1.82, 2.24) is 4.90 Å². The Kier molecular flexibility index (Phi) is 3.20. The van der Waals surface area contributed by atoms with Crippen LogP contribution >= 0.6 is 22.6 Å². The Morgan fingerprint density at radius 2 is 1.94 bits per heavy atom. The minimum atomic E-state index is -0.793.